The third-order valence-corrected chi connectivity index (χ3v) is 10.0. The molecule has 0 N–H and O–H groups in total. The van der Waals surface area contributed by atoms with Crippen LogP contribution in [0.5, 0.6) is 0 Å². The predicted molar refractivity (Wildman–Crippen MR) is 147 cm³/mol. The first-order chi connectivity index (χ1) is 18.0. The van der Waals surface area contributed by atoms with E-state index in [1.54, 1.807) is 29.2 Å². The Morgan fingerprint density at radius 2 is 1.78 bits per heavy atom. The highest BCUT2D eigenvalue weighted by atomic mass is 32.2. The first kappa shape index (κ1) is 26.2. The third-order valence-electron chi connectivity index (χ3n) is 7.09. The number of aryl methyl sites for hydroxylation is 1. The fourth-order valence-corrected chi connectivity index (χ4v) is 7.43. The van der Waals surface area contributed by atoms with Gasteiger partial charge in [0, 0.05) is 44.8 Å². The number of hydrogen-bond donors (Lipinski definition) is 0. The van der Waals surface area contributed by atoms with Crippen LogP contribution in [-0.2, 0) is 21.2 Å². The van der Waals surface area contributed by atoms with Crippen LogP contribution in [0.2, 0.25) is 0 Å². The van der Waals surface area contributed by atoms with E-state index in [1.165, 1.54) is 21.2 Å². The fourth-order valence-electron chi connectivity index (χ4n) is 4.86. The number of amides is 1. The number of fused-ring (bicyclic) bond motifs is 1. The quantitative estimate of drug-likeness (QED) is 0.406. The summed E-state index contributed by atoms with van der Waals surface area (Å²) in [7, 11) is -3.52. The number of ether oxygens (including phenoxy) is 1. The summed E-state index contributed by atoms with van der Waals surface area (Å²) in [5.74, 6) is -0.165. The van der Waals surface area contributed by atoms with E-state index in [9.17, 15) is 13.2 Å². The van der Waals surface area contributed by atoms with E-state index in [2.05, 4.69) is 24.0 Å². The number of carbonyl (C=O) groups is 1. The van der Waals surface area contributed by atoms with Crippen molar-refractivity contribution in [1.82, 2.24) is 14.2 Å². The minimum Gasteiger partial charge on any atom is -0.379 e. The molecule has 0 aliphatic carbocycles. The van der Waals surface area contributed by atoms with Crippen molar-refractivity contribution in [1.29, 1.82) is 0 Å². The molecule has 5 rings (SSSR count). The van der Waals surface area contributed by atoms with Crippen molar-refractivity contribution in [2.24, 2.45) is 0 Å². The van der Waals surface area contributed by atoms with E-state index in [4.69, 9.17) is 9.72 Å². The van der Waals surface area contributed by atoms with Gasteiger partial charge >= 0.3 is 0 Å². The molecule has 1 aromatic heterocycles. The van der Waals surface area contributed by atoms with Crippen LogP contribution in [0.25, 0.3) is 10.2 Å². The topological polar surface area (TPSA) is 83.0 Å². The van der Waals surface area contributed by atoms with Gasteiger partial charge in [0.2, 0.25) is 10.0 Å². The Kier molecular flexibility index (Phi) is 8.21. The van der Waals surface area contributed by atoms with Gasteiger partial charge in [0.1, 0.15) is 0 Å². The Labute approximate surface area is 222 Å². The van der Waals surface area contributed by atoms with Crippen molar-refractivity contribution in [3.63, 3.8) is 0 Å². The summed E-state index contributed by atoms with van der Waals surface area (Å²) in [6.07, 6.45) is 3.52. The molecule has 2 fully saturated rings. The lowest BCUT2D eigenvalue weighted by atomic mass is 10.2. The fraction of sp³-hybridized carbons (Fsp3) is 0.481. The van der Waals surface area contributed by atoms with Crippen LogP contribution in [0.1, 0.15) is 42.1 Å². The molecule has 0 radical (unpaired) electrons. The van der Waals surface area contributed by atoms with Crippen molar-refractivity contribution in [2.45, 2.75) is 37.5 Å². The Balaban J connectivity index is 1.38. The van der Waals surface area contributed by atoms with Gasteiger partial charge in [-0.1, -0.05) is 24.3 Å². The van der Waals surface area contributed by atoms with Gasteiger partial charge in [-0.3, -0.25) is 14.6 Å². The van der Waals surface area contributed by atoms with Crippen LogP contribution in [0.4, 0.5) is 5.13 Å². The minimum absolute atomic E-state index is 0.165. The van der Waals surface area contributed by atoms with Crippen LogP contribution in [-0.4, -0.2) is 81.0 Å². The summed E-state index contributed by atoms with van der Waals surface area (Å²) >= 11 is 1.53. The molecule has 1 amide bonds. The number of anilines is 1. The minimum atomic E-state index is -3.52. The van der Waals surface area contributed by atoms with Crippen LogP contribution in [0.3, 0.4) is 0 Å². The maximum absolute atomic E-state index is 13.7. The number of sulfonamides is 1. The van der Waals surface area contributed by atoms with Crippen LogP contribution in [0, 0.1) is 0 Å². The monoisotopic (exact) mass is 542 g/mol. The summed E-state index contributed by atoms with van der Waals surface area (Å²) in [4.78, 5) is 22.9. The van der Waals surface area contributed by atoms with E-state index in [-0.39, 0.29) is 10.8 Å². The van der Waals surface area contributed by atoms with Gasteiger partial charge < -0.3 is 4.74 Å². The smallest absolute Gasteiger partial charge is 0.260 e. The summed E-state index contributed by atoms with van der Waals surface area (Å²) in [6, 6.07) is 12.6. The highest BCUT2D eigenvalue weighted by Gasteiger charge is 2.28. The molecule has 2 saturated heterocycles. The lowest BCUT2D eigenvalue weighted by Gasteiger charge is -2.27. The number of morpholine rings is 1. The number of rotatable bonds is 9. The van der Waals surface area contributed by atoms with Crippen LogP contribution in [0.15, 0.2) is 47.4 Å². The molecular weight excluding hydrogens is 508 g/mol. The standard InChI is InChI=1S/C27H34N4O4S2/c1-2-21-6-11-24-25(20-21)36-27(28-24)31(15-5-12-29-16-18-35-19-17-29)26(32)22-7-9-23(10-8-22)37(33,34)30-13-3-4-14-30/h6-11,20H,2-5,12-19H2,1H3. The molecular formula is C27H34N4O4S2. The number of thiazole rings is 1. The largest absolute Gasteiger partial charge is 0.379 e. The number of nitrogens with zero attached hydrogens (tertiary/aromatic N) is 4. The maximum atomic E-state index is 13.7. The van der Waals surface area contributed by atoms with Crippen molar-refractivity contribution in [3.05, 3.63) is 53.6 Å². The van der Waals surface area contributed by atoms with Crippen molar-refractivity contribution in [2.75, 3.05) is 57.4 Å². The zero-order chi connectivity index (χ0) is 25.8. The van der Waals surface area contributed by atoms with E-state index in [0.717, 1.165) is 68.7 Å². The molecule has 2 aliphatic heterocycles. The number of hydrogen-bond acceptors (Lipinski definition) is 7. The van der Waals surface area contributed by atoms with Gasteiger partial charge in [-0.25, -0.2) is 13.4 Å². The van der Waals surface area contributed by atoms with E-state index < -0.39 is 10.0 Å². The maximum Gasteiger partial charge on any atom is 0.260 e. The molecule has 0 spiro atoms. The van der Waals surface area contributed by atoms with Gasteiger partial charge in [-0.05, 0) is 67.6 Å². The number of aromatic nitrogens is 1. The second-order valence-electron chi connectivity index (χ2n) is 9.55. The first-order valence-electron chi connectivity index (χ1n) is 13.1. The highest BCUT2D eigenvalue weighted by molar-refractivity contribution is 7.89. The van der Waals surface area contributed by atoms with Gasteiger partial charge in [0.05, 0.1) is 28.3 Å². The average Bonchev–Trinajstić information content (AvgIpc) is 3.62. The van der Waals surface area contributed by atoms with E-state index in [1.807, 2.05) is 6.07 Å². The van der Waals surface area contributed by atoms with Gasteiger partial charge in [-0.2, -0.15) is 4.31 Å². The lowest BCUT2D eigenvalue weighted by Crippen LogP contribution is -2.39. The summed E-state index contributed by atoms with van der Waals surface area (Å²) in [5, 5.41) is 0.670. The predicted octanol–water partition coefficient (Wildman–Crippen LogP) is 4.01. The van der Waals surface area contributed by atoms with Crippen molar-refractivity contribution in [3.8, 4) is 0 Å². The molecule has 10 heteroatoms. The van der Waals surface area contributed by atoms with Crippen molar-refractivity contribution >= 4 is 42.6 Å². The van der Waals surface area contributed by atoms with Crippen LogP contribution < -0.4 is 4.90 Å². The summed E-state index contributed by atoms with van der Waals surface area (Å²) in [6.45, 7) is 7.94. The second-order valence-corrected chi connectivity index (χ2v) is 12.5. The third kappa shape index (κ3) is 5.88. The first-order valence-corrected chi connectivity index (χ1v) is 15.3. The Morgan fingerprint density at radius 1 is 1.05 bits per heavy atom. The Bertz CT molecular complexity index is 1330. The van der Waals surface area contributed by atoms with Crippen LogP contribution >= 0.6 is 11.3 Å². The molecule has 0 atom stereocenters. The molecule has 3 aromatic rings. The zero-order valence-corrected chi connectivity index (χ0v) is 22.9. The highest BCUT2D eigenvalue weighted by Crippen LogP contribution is 2.31. The molecule has 2 aromatic carbocycles. The number of carbonyl (C=O) groups excluding carboxylic acids is 1. The molecule has 37 heavy (non-hydrogen) atoms. The second kappa shape index (κ2) is 11.6. The van der Waals surface area contributed by atoms with Gasteiger partial charge in [-0.15, -0.1) is 0 Å². The Hall–Kier alpha value is -2.37. The summed E-state index contributed by atoms with van der Waals surface area (Å²) in [5.41, 5.74) is 2.58. The SMILES string of the molecule is CCc1ccc2nc(N(CCCN3CCOCC3)C(=O)c3ccc(S(=O)(=O)N4CCCC4)cc3)sc2c1. The molecule has 3 heterocycles. The molecule has 198 valence electrons. The number of benzene rings is 2. The van der Waals surface area contributed by atoms with Gasteiger partial charge in [0.25, 0.3) is 5.91 Å². The Morgan fingerprint density at radius 3 is 2.49 bits per heavy atom. The molecule has 0 saturated carbocycles. The molecule has 0 bridgehead atoms. The molecule has 0 unspecified atom stereocenters. The summed E-state index contributed by atoms with van der Waals surface area (Å²) < 4.78 is 33.9. The zero-order valence-electron chi connectivity index (χ0n) is 21.3. The van der Waals surface area contributed by atoms with Crippen molar-refractivity contribution < 1.29 is 17.9 Å². The average molecular weight is 543 g/mol. The lowest BCUT2D eigenvalue weighted by molar-refractivity contribution is 0.0376. The van der Waals surface area contributed by atoms with Gasteiger partial charge in [0.15, 0.2) is 5.13 Å². The molecule has 8 nitrogen and oxygen atoms in total. The normalized spacial score (nSPS) is 17.4. The molecule has 2 aliphatic rings. The van der Waals surface area contributed by atoms with E-state index in [0.29, 0.717) is 30.3 Å². The van der Waals surface area contributed by atoms with E-state index >= 15 is 0 Å².